The largest absolute Gasteiger partial charge is 0.398 e. The zero-order valence-electron chi connectivity index (χ0n) is 9.52. The number of nitrogens with two attached hydrogens (primary N) is 2. The summed E-state index contributed by atoms with van der Waals surface area (Å²) in [6.45, 7) is 8.20. The van der Waals surface area contributed by atoms with Crippen LogP contribution in [-0.4, -0.2) is 0 Å². The van der Waals surface area contributed by atoms with Crippen molar-refractivity contribution in [1.82, 2.24) is 0 Å². The van der Waals surface area contributed by atoms with E-state index in [1.165, 1.54) is 5.56 Å². The van der Waals surface area contributed by atoms with Gasteiger partial charge in [-0.3, -0.25) is 0 Å². The van der Waals surface area contributed by atoms with Gasteiger partial charge in [0.05, 0.1) is 0 Å². The van der Waals surface area contributed by atoms with Gasteiger partial charge in [-0.2, -0.15) is 0 Å². The van der Waals surface area contributed by atoms with Crippen LogP contribution in [0, 0.1) is 13.8 Å². The van der Waals surface area contributed by atoms with E-state index in [4.69, 9.17) is 11.5 Å². The maximum absolute atomic E-state index is 6.20. The Hall–Kier alpha value is -1.02. The fraction of sp³-hybridized carbons (Fsp3) is 0.500. The minimum absolute atomic E-state index is 0.319. The molecule has 0 fully saturated rings. The van der Waals surface area contributed by atoms with Crippen LogP contribution in [0.5, 0.6) is 0 Å². The molecule has 0 aromatic heterocycles. The number of benzene rings is 1. The molecule has 0 spiro atoms. The summed E-state index contributed by atoms with van der Waals surface area (Å²) in [5, 5.41) is 0. The fourth-order valence-electron chi connectivity index (χ4n) is 1.64. The van der Waals surface area contributed by atoms with Gasteiger partial charge in [0.25, 0.3) is 0 Å². The van der Waals surface area contributed by atoms with Crippen molar-refractivity contribution in [1.29, 1.82) is 0 Å². The lowest BCUT2D eigenvalue weighted by atomic mass is 9.87. The van der Waals surface area contributed by atoms with Gasteiger partial charge < -0.3 is 11.5 Å². The Kier molecular flexibility index (Phi) is 2.86. The van der Waals surface area contributed by atoms with Crippen LogP contribution in [0.4, 0.5) is 5.69 Å². The van der Waals surface area contributed by atoms with Gasteiger partial charge in [0.1, 0.15) is 0 Å². The third-order valence-electron chi connectivity index (χ3n) is 2.88. The summed E-state index contributed by atoms with van der Waals surface area (Å²) in [4.78, 5) is 0. The predicted molar refractivity (Wildman–Crippen MR) is 62.2 cm³/mol. The average Bonchev–Trinajstić information content (AvgIpc) is 2.11. The third-order valence-corrected chi connectivity index (χ3v) is 2.88. The van der Waals surface area contributed by atoms with E-state index in [2.05, 4.69) is 26.0 Å². The molecule has 2 heteroatoms. The maximum atomic E-state index is 6.20. The first-order chi connectivity index (χ1) is 6.38. The van der Waals surface area contributed by atoms with Gasteiger partial charge in [-0.15, -0.1) is 0 Å². The molecule has 0 saturated heterocycles. The van der Waals surface area contributed by atoms with Crippen molar-refractivity contribution in [2.45, 2.75) is 39.7 Å². The number of nitrogen functional groups attached to an aromatic ring is 1. The summed E-state index contributed by atoms with van der Waals surface area (Å²) in [5.41, 5.74) is 16.1. The smallest absolute Gasteiger partial charge is 0.0399 e. The van der Waals surface area contributed by atoms with Crippen molar-refractivity contribution >= 4 is 5.69 Å². The Morgan fingerprint density at radius 1 is 1.29 bits per heavy atom. The lowest BCUT2D eigenvalue weighted by Crippen LogP contribution is -2.33. The van der Waals surface area contributed by atoms with E-state index in [1.54, 1.807) is 0 Å². The normalized spacial score (nSPS) is 15.2. The first-order valence-electron chi connectivity index (χ1n) is 5.04. The molecular formula is C12H20N2. The first kappa shape index (κ1) is 11.1. The van der Waals surface area contributed by atoms with Gasteiger partial charge in [0, 0.05) is 11.2 Å². The van der Waals surface area contributed by atoms with Crippen molar-refractivity contribution < 1.29 is 0 Å². The molecule has 0 aliphatic heterocycles. The topological polar surface area (TPSA) is 52.0 Å². The third kappa shape index (κ3) is 1.90. The number of rotatable bonds is 2. The Labute approximate surface area is 86.3 Å². The summed E-state index contributed by atoms with van der Waals surface area (Å²) in [6, 6.07) is 4.18. The van der Waals surface area contributed by atoms with E-state index in [1.807, 2.05) is 13.8 Å². The van der Waals surface area contributed by atoms with E-state index in [9.17, 15) is 0 Å². The zero-order valence-corrected chi connectivity index (χ0v) is 9.52. The zero-order chi connectivity index (χ0) is 10.9. The van der Waals surface area contributed by atoms with Crippen molar-refractivity contribution in [2.24, 2.45) is 5.73 Å². The highest BCUT2D eigenvalue weighted by molar-refractivity contribution is 5.57. The summed E-state index contributed by atoms with van der Waals surface area (Å²) in [7, 11) is 0. The Bertz CT molecular complexity index is 340. The SMILES string of the molecule is CCC(C)(N)c1cc(C)cc(C)c1N. The molecule has 0 aliphatic carbocycles. The number of anilines is 1. The van der Waals surface area contributed by atoms with Crippen LogP contribution in [0.2, 0.25) is 0 Å². The van der Waals surface area contributed by atoms with Crippen molar-refractivity contribution in [3.63, 3.8) is 0 Å². The van der Waals surface area contributed by atoms with Crippen LogP contribution in [0.3, 0.4) is 0 Å². The molecule has 4 N–H and O–H groups in total. The van der Waals surface area contributed by atoms with Gasteiger partial charge in [-0.05, 0) is 38.3 Å². The summed E-state index contributed by atoms with van der Waals surface area (Å²) < 4.78 is 0. The standard InChI is InChI=1S/C12H20N2/c1-5-12(4,14)10-7-8(2)6-9(3)11(10)13/h6-7H,5,13-14H2,1-4H3. The highest BCUT2D eigenvalue weighted by atomic mass is 14.7. The summed E-state index contributed by atoms with van der Waals surface area (Å²) in [5.74, 6) is 0. The molecule has 0 heterocycles. The molecule has 14 heavy (non-hydrogen) atoms. The molecule has 1 aromatic carbocycles. The minimum Gasteiger partial charge on any atom is -0.398 e. The van der Waals surface area contributed by atoms with E-state index in [-0.39, 0.29) is 5.54 Å². The van der Waals surface area contributed by atoms with Crippen LogP contribution in [0.1, 0.15) is 37.0 Å². The lowest BCUT2D eigenvalue weighted by molar-refractivity contribution is 0.478. The quantitative estimate of drug-likeness (QED) is 0.707. The molecule has 0 aliphatic rings. The van der Waals surface area contributed by atoms with Gasteiger partial charge in [-0.1, -0.05) is 24.6 Å². The molecule has 0 radical (unpaired) electrons. The highest BCUT2D eigenvalue weighted by Crippen LogP contribution is 2.30. The number of hydrogen-bond donors (Lipinski definition) is 2. The second-order valence-corrected chi connectivity index (χ2v) is 4.31. The monoisotopic (exact) mass is 192 g/mol. The maximum Gasteiger partial charge on any atom is 0.0399 e. The second-order valence-electron chi connectivity index (χ2n) is 4.31. The second kappa shape index (κ2) is 3.62. The van der Waals surface area contributed by atoms with Gasteiger partial charge in [0.15, 0.2) is 0 Å². The van der Waals surface area contributed by atoms with Crippen LogP contribution in [0.15, 0.2) is 12.1 Å². The highest BCUT2D eigenvalue weighted by Gasteiger charge is 2.22. The predicted octanol–water partition coefficient (Wildman–Crippen LogP) is 2.47. The van der Waals surface area contributed by atoms with E-state index in [0.717, 1.165) is 23.2 Å². The van der Waals surface area contributed by atoms with Crippen LogP contribution in [0.25, 0.3) is 0 Å². The van der Waals surface area contributed by atoms with Crippen LogP contribution in [-0.2, 0) is 5.54 Å². The van der Waals surface area contributed by atoms with Crippen LogP contribution < -0.4 is 11.5 Å². The van der Waals surface area contributed by atoms with E-state index >= 15 is 0 Å². The fourth-order valence-corrected chi connectivity index (χ4v) is 1.64. The molecule has 1 rings (SSSR count). The molecule has 1 atom stereocenters. The van der Waals surface area contributed by atoms with Crippen molar-refractivity contribution in [3.8, 4) is 0 Å². The van der Waals surface area contributed by atoms with E-state index < -0.39 is 0 Å². The molecule has 0 saturated carbocycles. The number of hydrogen-bond acceptors (Lipinski definition) is 2. The average molecular weight is 192 g/mol. The molecule has 78 valence electrons. The molecule has 0 amide bonds. The van der Waals surface area contributed by atoms with Crippen molar-refractivity contribution in [2.75, 3.05) is 5.73 Å². The van der Waals surface area contributed by atoms with Gasteiger partial charge >= 0.3 is 0 Å². The lowest BCUT2D eigenvalue weighted by Gasteiger charge is -2.26. The van der Waals surface area contributed by atoms with Gasteiger partial charge in [0.2, 0.25) is 0 Å². The first-order valence-corrected chi connectivity index (χ1v) is 5.04. The van der Waals surface area contributed by atoms with Crippen LogP contribution >= 0.6 is 0 Å². The Morgan fingerprint density at radius 3 is 2.36 bits per heavy atom. The Morgan fingerprint density at radius 2 is 1.86 bits per heavy atom. The molecule has 1 aromatic rings. The summed E-state index contributed by atoms with van der Waals surface area (Å²) in [6.07, 6.45) is 0.889. The summed E-state index contributed by atoms with van der Waals surface area (Å²) >= 11 is 0. The van der Waals surface area contributed by atoms with Gasteiger partial charge in [-0.25, -0.2) is 0 Å². The Balaban J connectivity index is 3.34. The molecule has 0 bridgehead atoms. The molecule has 1 unspecified atom stereocenters. The van der Waals surface area contributed by atoms with Crippen molar-refractivity contribution in [3.05, 3.63) is 28.8 Å². The molecule has 2 nitrogen and oxygen atoms in total. The van der Waals surface area contributed by atoms with E-state index in [0.29, 0.717) is 0 Å². The molecular weight excluding hydrogens is 172 g/mol. The minimum atomic E-state index is -0.319. The number of aryl methyl sites for hydroxylation is 2.